The number of carbonyl (C=O) groups excluding carboxylic acids is 1. The van der Waals surface area contributed by atoms with Gasteiger partial charge in [0.25, 0.3) is 0 Å². The number of ketones is 1. The van der Waals surface area contributed by atoms with Crippen LogP contribution in [-0.2, 0) is 4.79 Å². The minimum atomic E-state index is 0.547. The summed E-state index contributed by atoms with van der Waals surface area (Å²) in [4.78, 5) is 11.2. The summed E-state index contributed by atoms with van der Waals surface area (Å²) >= 11 is 0. The third kappa shape index (κ3) is 0.447. The standard InChI is InChI=1S/C10H14O/c1-5(2)10-4-3-6(11)7-8(10)9(7)10/h5,7-9H,3-4H2,1-2H3. The van der Waals surface area contributed by atoms with Crippen molar-refractivity contribution in [3.05, 3.63) is 0 Å². The molecule has 1 heteroatoms. The van der Waals surface area contributed by atoms with E-state index in [1.54, 1.807) is 0 Å². The van der Waals surface area contributed by atoms with Gasteiger partial charge in [-0.25, -0.2) is 0 Å². The lowest BCUT2D eigenvalue weighted by Gasteiger charge is -2.34. The van der Waals surface area contributed by atoms with E-state index < -0.39 is 0 Å². The largest absolute Gasteiger partial charge is 0.299 e. The first kappa shape index (κ1) is 6.22. The molecule has 3 fully saturated rings. The van der Waals surface area contributed by atoms with Gasteiger partial charge in [0.2, 0.25) is 0 Å². The molecule has 0 radical (unpaired) electrons. The minimum Gasteiger partial charge on any atom is -0.299 e. The summed E-state index contributed by atoms with van der Waals surface area (Å²) in [6.07, 6.45) is 2.09. The van der Waals surface area contributed by atoms with E-state index in [0.717, 1.165) is 24.2 Å². The summed E-state index contributed by atoms with van der Waals surface area (Å²) in [6, 6.07) is 0. The molecule has 0 aromatic rings. The van der Waals surface area contributed by atoms with E-state index in [1.165, 1.54) is 6.42 Å². The highest BCUT2D eigenvalue weighted by Crippen LogP contribution is 2.88. The second kappa shape index (κ2) is 1.41. The smallest absolute Gasteiger partial charge is 0.136 e. The quantitative estimate of drug-likeness (QED) is 0.557. The Balaban J connectivity index is 1.87. The summed E-state index contributed by atoms with van der Waals surface area (Å²) in [7, 11) is 0. The molecule has 3 aliphatic carbocycles. The van der Waals surface area contributed by atoms with Gasteiger partial charge in [-0.3, -0.25) is 4.79 Å². The zero-order chi connectivity index (χ0) is 7.80. The molecule has 3 saturated carbocycles. The van der Waals surface area contributed by atoms with E-state index >= 15 is 0 Å². The molecule has 0 heterocycles. The lowest BCUT2D eigenvalue weighted by Crippen LogP contribution is -2.33. The van der Waals surface area contributed by atoms with Gasteiger partial charge in [0.15, 0.2) is 0 Å². The SMILES string of the molecule is CC(C)C12CCC(=O)C3C1C32. The summed E-state index contributed by atoms with van der Waals surface area (Å²) in [5, 5.41) is 0. The van der Waals surface area contributed by atoms with E-state index in [1.807, 2.05) is 0 Å². The molecule has 2 unspecified atom stereocenters. The summed E-state index contributed by atoms with van der Waals surface area (Å²) in [5.74, 6) is 3.64. The van der Waals surface area contributed by atoms with Gasteiger partial charge in [-0.2, -0.15) is 0 Å². The minimum absolute atomic E-state index is 0.547. The van der Waals surface area contributed by atoms with Crippen LogP contribution in [0.15, 0.2) is 0 Å². The molecule has 0 aromatic carbocycles. The van der Waals surface area contributed by atoms with Gasteiger partial charge in [-0.15, -0.1) is 0 Å². The zero-order valence-electron chi connectivity index (χ0n) is 7.13. The molecule has 0 spiro atoms. The summed E-state index contributed by atoms with van der Waals surface area (Å²) in [5.41, 5.74) is 0.665. The average Bonchev–Trinajstić information content (AvgIpc) is 2.72. The number of fused-ring (bicyclic) bond motifs is 2. The molecule has 1 nitrogen and oxygen atoms in total. The van der Waals surface area contributed by atoms with Crippen LogP contribution in [0.1, 0.15) is 26.7 Å². The fourth-order valence-corrected chi connectivity index (χ4v) is 3.68. The van der Waals surface area contributed by atoms with Crippen molar-refractivity contribution >= 4 is 5.78 Å². The van der Waals surface area contributed by atoms with E-state index in [4.69, 9.17) is 0 Å². The highest BCUT2D eigenvalue weighted by molar-refractivity contribution is 5.89. The maximum Gasteiger partial charge on any atom is 0.136 e. The number of hydrogen-bond acceptors (Lipinski definition) is 1. The first-order valence-electron chi connectivity index (χ1n) is 4.72. The van der Waals surface area contributed by atoms with Gasteiger partial charge in [-0.1, -0.05) is 13.8 Å². The van der Waals surface area contributed by atoms with Crippen molar-refractivity contribution < 1.29 is 4.79 Å². The van der Waals surface area contributed by atoms with Crippen LogP contribution in [-0.4, -0.2) is 5.78 Å². The van der Waals surface area contributed by atoms with Crippen LogP contribution in [0.5, 0.6) is 0 Å². The molecular formula is C10H14O. The third-order valence-corrected chi connectivity index (χ3v) is 4.40. The molecular weight excluding hydrogens is 136 g/mol. The van der Waals surface area contributed by atoms with E-state index in [9.17, 15) is 4.79 Å². The Labute approximate surface area is 67.2 Å². The van der Waals surface area contributed by atoms with Crippen molar-refractivity contribution in [2.75, 3.05) is 0 Å². The summed E-state index contributed by atoms with van der Waals surface area (Å²) < 4.78 is 0. The molecule has 2 atom stereocenters. The fourth-order valence-electron chi connectivity index (χ4n) is 3.68. The maximum atomic E-state index is 11.2. The van der Waals surface area contributed by atoms with Crippen LogP contribution in [0.2, 0.25) is 0 Å². The van der Waals surface area contributed by atoms with Gasteiger partial charge in [0, 0.05) is 12.3 Å². The predicted molar refractivity (Wildman–Crippen MR) is 42.0 cm³/mol. The number of rotatable bonds is 1. The fraction of sp³-hybridized carbons (Fsp3) is 0.900. The molecule has 60 valence electrons. The van der Waals surface area contributed by atoms with Crippen molar-refractivity contribution in [1.29, 1.82) is 0 Å². The third-order valence-electron chi connectivity index (χ3n) is 4.40. The van der Waals surface area contributed by atoms with E-state index in [-0.39, 0.29) is 0 Å². The Morgan fingerprint density at radius 2 is 2.09 bits per heavy atom. The van der Waals surface area contributed by atoms with Gasteiger partial charge >= 0.3 is 0 Å². The normalized spacial score (nSPS) is 57.7. The van der Waals surface area contributed by atoms with Gasteiger partial charge in [-0.05, 0) is 29.6 Å². The molecule has 0 bridgehead atoms. The number of Topliss-reactive ketones (excluding diaryl/α,β-unsaturated/α-hetero) is 1. The predicted octanol–water partition coefficient (Wildman–Crippen LogP) is 1.87. The van der Waals surface area contributed by atoms with Crippen LogP contribution >= 0.6 is 0 Å². The molecule has 0 aliphatic heterocycles. The molecule has 3 rings (SSSR count). The van der Waals surface area contributed by atoms with Crippen molar-refractivity contribution in [1.82, 2.24) is 0 Å². The van der Waals surface area contributed by atoms with Gasteiger partial charge in [0.05, 0.1) is 0 Å². The Kier molecular flexibility index (Phi) is 0.799. The lowest BCUT2D eigenvalue weighted by molar-refractivity contribution is -0.126. The number of hydrogen-bond donors (Lipinski definition) is 0. The average molecular weight is 150 g/mol. The highest BCUT2D eigenvalue weighted by atomic mass is 16.1. The lowest BCUT2D eigenvalue weighted by atomic mass is 9.69. The number of carbonyl (C=O) groups is 1. The summed E-state index contributed by atoms with van der Waals surface area (Å²) in [6.45, 7) is 4.64. The molecule has 3 aliphatic rings. The van der Waals surface area contributed by atoms with Crippen LogP contribution in [0.4, 0.5) is 0 Å². The first-order chi connectivity index (χ1) is 5.19. The van der Waals surface area contributed by atoms with Crippen molar-refractivity contribution in [3.8, 4) is 0 Å². The monoisotopic (exact) mass is 150 g/mol. The topological polar surface area (TPSA) is 17.1 Å². The maximum absolute atomic E-state index is 11.2. The Morgan fingerprint density at radius 3 is 2.55 bits per heavy atom. The van der Waals surface area contributed by atoms with Crippen LogP contribution in [0.25, 0.3) is 0 Å². The van der Waals surface area contributed by atoms with E-state index in [2.05, 4.69) is 13.8 Å². The van der Waals surface area contributed by atoms with Crippen LogP contribution in [0, 0.1) is 29.1 Å². The van der Waals surface area contributed by atoms with Gasteiger partial charge < -0.3 is 0 Å². The van der Waals surface area contributed by atoms with Crippen molar-refractivity contribution in [3.63, 3.8) is 0 Å². The van der Waals surface area contributed by atoms with Gasteiger partial charge in [0.1, 0.15) is 5.78 Å². The Morgan fingerprint density at radius 1 is 1.45 bits per heavy atom. The molecule has 0 aromatic heterocycles. The van der Waals surface area contributed by atoms with Crippen LogP contribution < -0.4 is 0 Å². The van der Waals surface area contributed by atoms with E-state index in [0.29, 0.717) is 17.1 Å². The second-order valence-electron chi connectivity index (χ2n) is 4.81. The second-order valence-corrected chi connectivity index (χ2v) is 4.81. The molecule has 0 saturated heterocycles. The first-order valence-corrected chi connectivity index (χ1v) is 4.72. The molecule has 0 N–H and O–H groups in total. The highest BCUT2D eigenvalue weighted by Gasteiger charge is 2.87. The van der Waals surface area contributed by atoms with Crippen molar-refractivity contribution in [2.45, 2.75) is 26.7 Å². The Bertz CT molecular complexity index is 231. The molecule has 11 heavy (non-hydrogen) atoms. The van der Waals surface area contributed by atoms with Crippen molar-refractivity contribution in [2.24, 2.45) is 29.1 Å². The van der Waals surface area contributed by atoms with Crippen LogP contribution in [0.3, 0.4) is 0 Å². The Hall–Kier alpha value is -0.330. The molecule has 0 amide bonds. The zero-order valence-corrected chi connectivity index (χ0v) is 7.13.